The highest BCUT2D eigenvalue weighted by Crippen LogP contribution is 2.41. The lowest BCUT2D eigenvalue weighted by atomic mass is 10.0. The number of nitrogens with zero attached hydrogens (tertiary/aromatic N) is 1. The van der Waals surface area contributed by atoms with Gasteiger partial charge in [0.1, 0.15) is 17.7 Å². The molecule has 1 heterocycles. The lowest BCUT2D eigenvalue weighted by Crippen LogP contribution is -2.48. The van der Waals surface area contributed by atoms with Crippen molar-refractivity contribution in [3.05, 3.63) is 91.9 Å². The lowest BCUT2D eigenvalue weighted by Gasteiger charge is -2.41. The maximum atomic E-state index is 14.5. The van der Waals surface area contributed by atoms with E-state index in [-0.39, 0.29) is 33.3 Å². The lowest BCUT2D eigenvalue weighted by molar-refractivity contribution is -0.125. The largest absolute Gasteiger partial charge is 0.392 e. The molecule has 2 N–H and O–H groups in total. The minimum absolute atomic E-state index is 0.00245. The van der Waals surface area contributed by atoms with Gasteiger partial charge in [0.15, 0.2) is 0 Å². The molecule has 1 aliphatic heterocycles. The number of hydrogen-bond acceptors (Lipinski definition) is 5. The van der Waals surface area contributed by atoms with Crippen molar-refractivity contribution in [2.24, 2.45) is 0 Å². The first kappa shape index (κ1) is 26.1. The Morgan fingerprint density at radius 2 is 1.94 bits per heavy atom. The highest BCUT2D eigenvalue weighted by molar-refractivity contribution is 7.99. The van der Waals surface area contributed by atoms with Crippen LogP contribution in [0.3, 0.4) is 0 Å². The molecular formula is C23H24ClF4N3O2S. The summed E-state index contributed by atoms with van der Waals surface area (Å²) in [6.45, 7) is 3.02. The first-order chi connectivity index (χ1) is 15.8. The average Bonchev–Trinajstić information content (AvgIpc) is 2.98. The van der Waals surface area contributed by atoms with E-state index in [9.17, 15) is 26.0 Å². The number of hydrazine groups is 1. The van der Waals surface area contributed by atoms with E-state index in [1.165, 1.54) is 49.3 Å². The van der Waals surface area contributed by atoms with Gasteiger partial charge in [0.25, 0.3) is 0 Å². The molecule has 0 amide bonds. The smallest absolute Gasteiger partial charge is 0.344 e. The average molecular weight is 518 g/mol. The summed E-state index contributed by atoms with van der Waals surface area (Å²) in [4.78, 5) is -0.143. The topological polar surface area (TPSA) is 61.4 Å². The van der Waals surface area contributed by atoms with Crippen LogP contribution < -0.4 is 10.7 Å². The van der Waals surface area contributed by atoms with Gasteiger partial charge in [-0.2, -0.15) is 13.2 Å². The van der Waals surface area contributed by atoms with E-state index < -0.39 is 34.3 Å². The molecule has 0 saturated carbocycles. The molecule has 0 spiro atoms. The van der Waals surface area contributed by atoms with Crippen molar-refractivity contribution in [1.82, 2.24) is 15.8 Å². The van der Waals surface area contributed by atoms with Gasteiger partial charge in [-0.3, -0.25) is 5.01 Å². The SMILES string of the molecule is CNN1/C(=C\CC(F)(F)F)NC(C)=C(S(=O)(=O)C2=CCC=C(Cl)C=C2)C1c1ccc(C)c(F)c1. The fourth-order valence-corrected chi connectivity index (χ4v) is 5.68. The second kappa shape index (κ2) is 9.97. The van der Waals surface area contributed by atoms with Crippen molar-refractivity contribution >= 4 is 21.4 Å². The van der Waals surface area contributed by atoms with Gasteiger partial charge < -0.3 is 5.32 Å². The molecule has 5 nitrogen and oxygen atoms in total. The van der Waals surface area contributed by atoms with Crippen LogP contribution in [0.2, 0.25) is 0 Å². The maximum Gasteiger partial charge on any atom is 0.392 e. The number of nitrogens with one attached hydrogen (secondary N) is 2. The molecule has 0 bridgehead atoms. The summed E-state index contributed by atoms with van der Waals surface area (Å²) in [6, 6.07) is 3.09. The molecule has 0 fully saturated rings. The van der Waals surface area contributed by atoms with Crippen LogP contribution in [0.25, 0.3) is 0 Å². The second-order valence-corrected chi connectivity index (χ2v) is 10.2. The van der Waals surface area contributed by atoms with E-state index >= 15 is 0 Å². The van der Waals surface area contributed by atoms with Crippen LogP contribution in [0.1, 0.15) is 36.9 Å². The Balaban J connectivity index is 2.23. The normalized spacial score (nSPS) is 20.8. The van der Waals surface area contributed by atoms with Crippen molar-refractivity contribution < 1.29 is 26.0 Å². The summed E-state index contributed by atoms with van der Waals surface area (Å²) in [6.07, 6.45) is 1.44. The Kier molecular flexibility index (Phi) is 7.64. The van der Waals surface area contributed by atoms with Crippen LogP contribution in [0.4, 0.5) is 17.6 Å². The van der Waals surface area contributed by atoms with E-state index in [4.69, 9.17) is 11.6 Å². The Hall–Kier alpha value is -2.56. The minimum Gasteiger partial charge on any atom is -0.344 e. The molecule has 1 aromatic carbocycles. The van der Waals surface area contributed by atoms with Gasteiger partial charge in [-0.05, 0) is 55.7 Å². The van der Waals surface area contributed by atoms with Crippen LogP contribution in [0, 0.1) is 12.7 Å². The first-order valence-corrected chi connectivity index (χ1v) is 12.2. The maximum absolute atomic E-state index is 14.5. The van der Waals surface area contributed by atoms with E-state index in [1.807, 2.05) is 0 Å². The van der Waals surface area contributed by atoms with Crippen molar-refractivity contribution in [1.29, 1.82) is 0 Å². The van der Waals surface area contributed by atoms with Crippen LogP contribution in [-0.2, 0) is 9.84 Å². The van der Waals surface area contributed by atoms with Crippen LogP contribution in [-0.4, -0.2) is 26.7 Å². The fraction of sp³-hybridized carbons (Fsp3) is 0.304. The number of aryl methyl sites for hydroxylation is 1. The van der Waals surface area contributed by atoms with Gasteiger partial charge in [0.05, 0.1) is 16.2 Å². The Labute approximate surface area is 201 Å². The standard InChI is InChI=1S/C23H24ClF4N3O2S/c1-14-7-8-16(13-19(14)25)21-22(34(32,33)18-6-4-5-17(24)9-10-18)15(2)30-20(31(21)29-3)11-12-23(26,27)28/h5-11,13,21,29-30H,4,12H2,1-3H3/b20-11-. The summed E-state index contributed by atoms with van der Waals surface area (Å²) in [7, 11) is -2.72. The number of benzene rings is 1. The molecule has 11 heteroatoms. The number of allylic oxidation sites excluding steroid dienone is 7. The summed E-state index contributed by atoms with van der Waals surface area (Å²) in [5.74, 6) is -0.566. The predicted molar refractivity (Wildman–Crippen MR) is 124 cm³/mol. The molecule has 1 atom stereocenters. The monoisotopic (exact) mass is 517 g/mol. The summed E-state index contributed by atoms with van der Waals surface area (Å²) < 4.78 is 80.9. The van der Waals surface area contributed by atoms with Crippen LogP contribution in [0.5, 0.6) is 0 Å². The van der Waals surface area contributed by atoms with Crippen molar-refractivity contribution in [3.8, 4) is 0 Å². The van der Waals surface area contributed by atoms with E-state index in [2.05, 4.69) is 10.7 Å². The van der Waals surface area contributed by atoms with E-state index in [1.54, 1.807) is 19.1 Å². The molecule has 34 heavy (non-hydrogen) atoms. The highest BCUT2D eigenvalue weighted by Gasteiger charge is 2.40. The molecule has 0 saturated heterocycles. The van der Waals surface area contributed by atoms with Gasteiger partial charge in [-0.1, -0.05) is 35.9 Å². The third-order valence-corrected chi connectivity index (χ3v) is 7.68. The van der Waals surface area contributed by atoms with Crippen molar-refractivity contribution in [2.45, 2.75) is 38.9 Å². The van der Waals surface area contributed by atoms with Crippen LogP contribution >= 0.6 is 11.6 Å². The van der Waals surface area contributed by atoms with Gasteiger partial charge in [0.2, 0.25) is 9.84 Å². The van der Waals surface area contributed by atoms with Gasteiger partial charge >= 0.3 is 6.18 Å². The number of alkyl halides is 3. The molecule has 3 rings (SSSR count). The van der Waals surface area contributed by atoms with Crippen molar-refractivity contribution in [3.63, 3.8) is 0 Å². The molecule has 2 aliphatic rings. The fourth-order valence-electron chi connectivity index (χ4n) is 3.73. The number of hydrogen-bond donors (Lipinski definition) is 2. The Bertz CT molecular complexity index is 1230. The molecule has 184 valence electrons. The van der Waals surface area contributed by atoms with E-state index in [0.717, 1.165) is 6.08 Å². The zero-order valence-electron chi connectivity index (χ0n) is 18.7. The summed E-state index contributed by atoms with van der Waals surface area (Å²) in [5.41, 5.74) is 3.49. The quantitative estimate of drug-likeness (QED) is 0.496. The van der Waals surface area contributed by atoms with E-state index in [0.29, 0.717) is 10.6 Å². The van der Waals surface area contributed by atoms with Gasteiger partial charge in [-0.25, -0.2) is 18.2 Å². The van der Waals surface area contributed by atoms with Gasteiger partial charge in [-0.15, -0.1) is 0 Å². The molecular weight excluding hydrogens is 494 g/mol. The van der Waals surface area contributed by atoms with Gasteiger partial charge in [0, 0.05) is 17.8 Å². The highest BCUT2D eigenvalue weighted by atomic mass is 35.5. The minimum atomic E-state index is -4.47. The third-order valence-electron chi connectivity index (χ3n) is 5.37. The predicted octanol–water partition coefficient (Wildman–Crippen LogP) is 5.62. The molecule has 1 aromatic rings. The first-order valence-electron chi connectivity index (χ1n) is 10.3. The third kappa shape index (κ3) is 5.56. The Morgan fingerprint density at radius 1 is 1.24 bits per heavy atom. The zero-order valence-corrected chi connectivity index (χ0v) is 20.2. The second-order valence-electron chi connectivity index (χ2n) is 7.80. The van der Waals surface area contributed by atoms with Crippen molar-refractivity contribution in [2.75, 3.05) is 7.05 Å². The molecule has 0 aromatic heterocycles. The summed E-state index contributed by atoms with van der Waals surface area (Å²) >= 11 is 6.01. The Morgan fingerprint density at radius 3 is 2.56 bits per heavy atom. The number of halogens is 5. The molecule has 1 unspecified atom stereocenters. The number of sulfone groups is 1. The van der Waals surface area contributed by atoms with Crippen LogP contribution in [0.15, 0.2) is 74.9 Å². The molecule has 1 aliphatic carbocycles. The number of rotatable bonds is 5. The molecule has 0 radical (unpaired) electrons. The zero-order chi connectivity index (χ0) is 25.3. The summed E-state index contributed by atoms with van der Waals surface area (Å²) in [5, 5.41) is 4.40.